The summed E-state index contributed by atoms with van der Waals surface area (Å²) in [6.45, 7) is 4.07. The largest absolute Gasteiger partial charge is 0.497 e. The number of rotatable bonds is 5. The van der Waals surface area contributed by atoms with E-state index in [2.05, 4.69) is 29.3 Å². The van der Waals surface area contributed by atoms with Crippen molar-refractivity contribution in [2.45, 2.75) is 51.2 Å². The van der Waals surface area contributed by atoms with Crippen LogP contribution in [0.2, 0.25) is 0 Å². The molecular formula is C30H39N3O6. The molecule has 9 nitrogen and oxygen atoms in total. The van der Waals surface area contributed by atoms with E-state index in [0.29, 0.717) is 36.8 Å². The number of nitrogens with zero attached hydrogens (tertiary/aromatic N) is 2. The van der Waals surface area contributed by atoms with Gasteiger partial charge in [0.1, 0.15) is 5.75 Å². The van der Waals surface area contributed by atoms with E-state index in [9.17, 15) is 14.4 Å². The predicted octanol–water partition coefficient (Wildman–Crippen LogP) is 2.93. The smallest absolute Gasteiger partial charge is 0.286 e. The van der Waals surface area contributed by atoms with Gasteiger partial charge in [-0.1, -0.05) is 13.0 Å². The van der Waals surface area contributed by atoms with Crippen LogP contribution in [0.4, 0.5) is 0 Å². The third-order valence-electron chi connectivity index (χ3n) is 8.14. The number of aldehydes is 1. The molecule has 1 saturated heterocycles. The maximum Gasteiger partial charge on any atom is 0.286 e. The summed E-state index contributed by atoms with van der Waals surface area (Å²) in [5.41, 5.74) is 4.76. The third-order valence-corrected chi connectivity index (χ3v) is 8.14. The number of nitrogens with one attached hydrogen (secondary N) is 1. The number of methoxy groups -OCH3 is 3. The summed E-state index contributed by atoms with van der Waals surface area (Å²) in [6.07, 6.45) is 3.98. The first-order valence-electron chi connectivity index (χ1n) is 13.5. The highest BCUT2D eigenvalue weighted by atomic mass is 16.5. The highest BCUT2D eigenvalue weighted by Crippen LogP contribution is 2.41. The predicted molar refractivity (Wildman–Crippen MR) is 147 cm³/mol. The normalized spacial score (nSPS) is 21.8. The molecular weight excluding hydrogens is 498 g/mol. The summed E-state index contributed by atoms with van der Waals surface area (Å²) in [7, 11) is 6.75. The van der Waals surface area contributed by atoms with Gasteiger partial charge in [0, 0.05) is 19.6 Å². The van der Waals surface area contributed by atoms with Crippen molar-refractivity contribution in [3.63, 3.8) is 0 Å². The molecule has 9 heteroatoms. The van der Waals surface area contributed by atoms with E-state index < -0.39 is 5.91 Å². The summed E-state index contributed by atoms with van der Waals surface area (Å²) in [5.74, 6) is 2.49. The molecule has 2 aromatic rings. The molecule has 3 atom stereocenters. The van der Waals surface area contributed by atoms with Crippen molar-refractivity contribution < 1.29 is 28.6 Å². The van der Waals surface area contributed by atoms with Crippen LogP contribution < -0.4 is 19.5 Å². The van der Waals surface area contributed by atoms with Crippen molar-refractivity contribution >= 4 is 18.1 Å². The lowest BCUT2D eigenvalue weighted by Crippen LogP contribution is -2.48. The van der Waals surface area contributed by atoms with Crippen LogP contribution in [-0.4, -0.2) is 75.4 Å². The van der Waals surface area contributed by atoms with Crippen molar-refractivity contribution in [3.05, 3.63) is 52.6 Å². The Balaban J connectivity index is 0.000000183. The van der Waals surface area contributed by atoms with Crippen molar-refractivity contribution in [2.75, 3.05) is 41.5 Å². The number of benzene rings is 2. The number of hydrogen-bond acceptors (Lipinski definition) is 7. The molecule has 1 N–H and O–H groups in total. The molecule has 5 rings (SSSR count). The quantitative estimate of drug-likeness (QED) is 0.463. The summed E-state index contributed by atoms with van der Waals surface area (Å²) in [4.78, 5) is 38.2. The third kappa shape index (κ3) is 5.88. The van der Waals surface area contributed by atoms with E-state index >= 15 is 0 Å². The fourth-order valence-electron chi connectivity index (χ4n) is 5.95. The lowest BCUT2D eigenvalue weighted by molar-refractivity contribution is -0.139. The Hall–Kier alpha value is -3.59. The standard InChI is InChI=1S/C17H24N2O2.C13H15NO4/c1-11-4-7-15(18-2)17(20)19-9-8-12-10-13(21-3)5-6-14(12)16(11)19;1-17-11-5-9-3-4-14(13(16)8-15)7-10(9)6-12(11)18-2/h5-6,10-11,15-16,18H,4,7-9H2,1-3H3;5-6,8H,3-4,7H2,1-2H3. The van der Waals surface area contributed by atoms with Gasteiger partial charge in [-0.2, -0.15) is 0 Å². The topological polar surface area (TPSA) is 97.4 Å². The maximum atomic E-state index is 12.7. The molecule has 0 bridgehead atoms. The minimum Gasteiger partial charge on any atom is -0.497 e. The van der Waals surface area contributed by atoms with Crippen LogP contribution in [0.15, 0.2) is 30.3 Å². The number of carbonyl (C=O) groups is 3. The Labute approximate surface area is 230 Å². The molecule has 3 unspecified atom stereocenters. The summed E-state index contributed by atoms with van der Waals surface area (Å²) >= 11 is 0. The van der Waals surface area contributed by atoms with Crippen molar-refractivity contribution in [1.29, 1.82) is 0 Å². The van der Waals surface area contributed by atoms with Gasteiger partial charge in [-0.25, -0.2) is 0 Å². The molecule has 3 aliphatic heterocycles. The van der Waals surface area contributed by atoms with Gasteiger partial charge >= 0.3 is 0 Å². The first kappa shape index (κ1) is 28.4. The van der Waals surface area contributed by atoms with Crippen molar-refractivity contribution in [1.82, 2.24) is 15.1 Å². The van der Waals surface area contributed by atoms with Gasteiger partial charge in [0.05, 0.1) is 33.4 Å². The Morgan fingerprint density at radius 1 is 0.949 bits per heavy atom. The number of hydrogen-bond donors (Lipinski definition) is 1. The van der Waals surface area contributed by atoms with Crippen LogP contribution in [0.25, 0.3) is 0 Å². The maximum absolute atomic E-state index is 12.7. The molecule has 2 aromatic carbocycles. The molecule has 210 valence electrons. The Morgan fingerprint density at radius 2 is 1.64 bits per heavy atom. The molecule has 1 fully saturated rings. The average Bonchev–Trinajstić information content (AvgIpc) is 3.10. The first-order chi connectivity index (χ1) is 18.8. The van der Waals surface area contributed by atoms with Crippen molar-refractivity contribution in [3.8, 4) is 17.2 Å². The summed E-state index contributed by atoms with van der Waals surface area (Å²) in [5, 5.41) is 3.18. The second-order valence-electron chi connectivity index (χ2n) is 10.3. The molecule has 0 aromatic heterocycles. The molecule has 2 amide bonds. The Morgan fingerprint density at radius 3 is 2.28 bits per heavy atom. The van der Waals surface area contributed by atoms with Gasteiger partial charge in [-0.3, -0.25) is 14.4 Å². The summed E-state index contributed by atoms with van der Waals surface area (Å²) < 4.78 is 15.8. The van der Waals surface area contributed by atoms with Crippen LogP contribution >= 0.6 is 0 Å². The van der Waals surface area contributed by atoms with Gasteiger partial charge in [0.15, 0.2) is 11.5 Å². The second kappa shape index (κ2) is 12.5. The van der Waals surface area contributed by atoms with Crippen LogP contribution in [-0.2, 0) is 33.8 Å². The van der Waals surface area contributed by atoms with Crippen LogP contribution in [0.3, 0.4) is 0 Å². The SMILES string of the molecule is CNC1CCC(C)C2c3ccc(OC)cc3CCN2C1=O.COc1cc2c(cc1OC)CN(C(=O)C=O)CC2. The number of carbonyl (C=O) groups excluding carboxylic acids is 3. The number of ether oxygens (including phenoxy) is 3. The number of likely N-dealkylation sites (N-methyl/N-ethyl adjacent to an activating group) is 1. The molecule has 0 radical (unpaired) electrons. The van der Waals surface area contributed by atoms with E-state index in [4.69, 9.17) is 14.2 Å². The highest BCUT2D eigenvalue weighted by Gasteiger charge is 2.39. The molecule has 3 aliphatic rings. The average molecular weight is 538 g/mol. The van der Waals surface area contributed by atoms with Crippen LogP contribution in [0, 0.1) is 5.92 Å². The second-order valence-corrected chi connectivity index (χ2v) is 10.3. The molecule has 0 aliphatic carbocycles. The lowest BCUT2D eigenvalue weighted by Gasteiger charge is -2.40. The molecule has 0 spiro atoms. The van der Waals surface area contributed by atoms with Gasteiger partial charge in [0.25, 0.3) is 5.91 Å². The minimum atomic E-state index is -0.476. The Kier molecular flexibility index (Phi) is 9.12. The van der Waals surface area contributed by atoms with Crippen LogP contribution in [0.1, 0.15) is 48.1 Å². The first-order valence-corrected chi connectivity index (χ1v) is 13.5. The fourth-order valence-corrected chi connectivity index (χ4v) is 5.95. The zero-order chi connectivity index (χ0) is 28.1. The minimum absolute atomic E-state index is 0.0303. The zero-order valence-corrected chi connectivity index (χ0v) is 23.5. The van der Waals surface area contributed by atoms with Gasteiger partial charge in [-0.15, -0.1) is 0 Å². The van der Waals surface area contributed by atoms with Gasteiger partial charge < -0.3 is 29.3 Å². The van der Waals surface area contributed by atoms with E-state index in [-0.39, 0.29) is 18.0 Å². The molecule has 39 heavy (non-hydrogen) atoms. The van der Waals surface area contributed by atoms with E-state index in [1.807, 2.05) is 25.2 Å². The monoisotopic (exact) mass is 537 g/mol. The van der Waals surface area contributed by atoms with E-state index in [1.54, 1.807) is 21.3 Å². The number of amides is 2. The van der Waals surface area contributed by atoms with E-state index in [0.717, 1.165) is 49.1 Å². The molecule has 0 saturated carbocycles. The number of fused-ring (bicyclic) bond motifs is 4. The van der Waals surface area contributed by atoms with Gasteiger partial charge in [0.2, 0.25) is 12.2 Å². The lowest BCUT2D eigenvalue weighted by atomic mass is 9.84. The van der Waals surface area contributed by atoms with Crippen LogP contribution in [0.5, 0.6) is 17.2 Å². The van der Waals surface area contributed by atoms with Crippen molar-refractivity contribution in [2.24, 2.45) is 5.92 Å². The van der Waals surface area contributed by atoms with E-state index in [1.165, 1.54) is 16.0 Å². The summed E-state index contributed by atoms with van der Waals surface area (Å²) in [6, 6.07) is 10.3. The highest BCUT2D eigenvalue weighted by molar-refractivity contribution is 6.23. The Bertz CT molecular complexity index is 1220. The zero-order valence-electron chi connectivity index (χ0n) is 23.5. The van der Waals surface area contributed by atoms with Gasteiger partial charge in [-0.05, 0) is 85.2 Å². The molecule has 3 heterocycles. The fraction of sp³-hybridized carbons (Fsp3) is 0.500.